The van der Waals surface area contributed by atoms with E-state index in [1.807, 2.05) is 32.9 Å². The Bertz CT molecular complexity index is 1280. The number of ether oxygens (including phenoxy) is 3. The largest absolute Gasteiger partial charge is 0.483 e. The molecule has 0 spiro atoms. The Morgan fingerprint density at radius 1 is 1.06 bits per heavy atom. The van der Waals surface area contributed by atoms with Gasteiger partial charge in [0.05, 0.1) is 25.5 Å². The summed E-state index contributed by atoms with van der Waals surface area (Å²) >= 11 is 2.14. The molecule has 0 aliphatic rings. The van der Waals surface area contributed by atoms with Crippen LogP contribution in [0, 0.1) is 20.8 Å². The van der Waals surface area contributed by atoms with E-state index in [2.05, 4.69) is 21.6 Å². The first-order valence-electron chi connectivity index (χ1n) is 10.9. The SMILES string of the molecule is COC(=O)c1sc(NC(=O)CSc2nnc(C(C)Oc3cc(C)cc(C)c3)n2C)c(C(=O)OC)c1C. The van der Waals surface area contributed by atoms with Crippen LogP contribution in [0.2, 0.25) is 0 Å². The Morgan fingerprint density at radius 3 is 2.31 bits per heavy atom. The topological polar surface area (TPSA) is 122 Å². The third-order valence-electron chi connectivity index (χ3n) is 5.23. The van der Waals surface area contributed by atoms with Crippen molar-refractivity contribution in [3.8, 4) is 5.75 Å². The van der Waals surface area contributed by atoms with Crippen LogP contribution in [-0.4, -0.2) is 52.6 Å². The number of hydrogen-bond donors (Lipinski definition) is 1. The monoisotopic (exact) mass is 532 g/mol. The number of benzene rings is 1. The maximum Gasteiger partial charge on any atom is 0.348 e. The Balaban J connectivity index is 1.69. The molecule has 0 bridgehead atoms. The predicted molar refractivity (Wildman–Crippen MR) is 137 cm³/mol. The van der Waals surface area contributed by atoms with E-state index in [9.17, 15) is 14.4 Å². The minimum atomic E-state index is -0.655. The van der Waals surface area contributed by atoms with E-state index < -0.39 is 11.9 Å². The molecule has 0 aliphatic carbocycles. The number of thioether (sulfide) groups is 1. The summed E-state index contributed by atoms with van der Waals surface area (Å²) in [5, 5.41) is 11.9. The highest BCUT2D eigenvalue weighted by atomic mass is 32.2. The van der Waals surface area contributed by atoms with Crippen LogP contribution in [0.4, 0.5) is 5.00 Å². The molecule has 2 heterocycles. The molecule has 12 heteroatoms. The zero-order chi connectivity index (χ0) is 26.6. The summed E-state index contributed by atoms with van der Waals surface area (Å²) in [5.41, 5.74) is 2.72. The number of hydrogen-bond acceptors (Lipinski definition) is 10. The lowest BCUT2D eigenvalue weighted by atomic mass is 10.1. The highest BCUT2D eigenvalue weighted by Gasteiger charge is 2.27. The molecule has 36 heavy (non-hydrogen) atoms. The van der Waals surface area contributed by atoms with Crippen molar-refractivity contribution in [1.82, 2.24) is 14.8 Å². The molecule has 0 fully saturated rings. The average molecular weight is 533 g/mol. The summed E-state index contributed by atoms with van der Waals surface area (Å²) in [5.74, 6) is -0.272. The number of rotatable bonds is 9. The van der Waals surface area contributed by atoms with Gasteiger partial charge >= 0.3 is 11.9 Å². The van der Waals surface area contributed by atoms with Crippen molar-refractivity contribution >= 4 is 45.9 Å². The van der Waals surface area contributed by atoms with Gasteiger partial charge in [0.2, 0.25) is 5.91 Å². The van der Waals surface area contributed by atoms with E-state index in [1.54, 1.807) is 18.5 Å². The van der Waals surface area contributed by atoms with E-state index in [0.29, 0.717) is 16.5 Å². The van der Waals surface area contributed by atoms with Gasteiger partial charge in [-0.3, -0.25) is 4.79 Å². The molecule has 192 valence electrons. The number of amides is 1. The van der Waals surface area contributed by atoms with Gasteiger partial charge in [-0.2, -0.15) is 0 Å². The first kappa shape index (κ1) is 27.2. The highest BCUT2D eigenvalue weighted by molar-refractivity contribution is 7.99. The molecular weight excluding hydrogens is 504 g/mol. The van der Waals surface area contributed by atoms with Crippen molar-refractivity contribution in [3.05, 3.63) is 51.2 Å². The van der Waals surface area contributed by atoms with Crippen LogP contribution in [0.25, 0.3) is 0 Å². The van der Waals surface area contributed by atoms with E-state index >= 15 is 0 Å². The Morgan fingerprint density at radius 2 is 1.69 bits per heavy atom. The van der Waals surface area contributed by atoms with Crippen molar-refractivity contribution in [1.29, 1.82) is 0 Å². The molecule has 0 saturated heterocycles. The summed E-state index contributed by atoms with van der Waals surface area (Å²) in [6, 6.07) is 5.99. The molecule has 1 unspecified atom stereocenters. The van der Waals surface area contributed by atoms with Crippen LogP contribution in [0.1, 0.15) is 55.6 Å². The second-order valence-corrected chi connectivity index (χ2v) is 10.0. The van der Waals surface area contributed by atoms with E-state index in [1.165, 1.54) is 26.0 Å². The van der Waals surface area contributed by atoms with Crippen LogP contribution < -0.4 is 10.1 Å². The molecule has 1 aromatic carbocycles. The number of thiophene rings is 1. The Hall–Kier alpha value is -3.38. The van der Waals surface area contributed by atoms with Gasteiger partial charge in [0.1, 0.15) is 15.6 Å². The Labute approximate surface area is 217 Å². The fraction of sp³-hybridized carbons (Fsp3) is 0.375. The first-order chi connectivity index (χ1) is 17.0. The van der Waals surface area contributed by atoms with Crippen molar-refractivity contribution in [2.24, 2.45) is 7.05 Å². The number of nitrogens with zero attached hydrogens (tertiary/aromatic N) is 3. The van der Waals surface area contributed by atoms with Crippen molar-refractivity contribution in [2.45, 2.75) is 39.0 Å². The van der Waals surface area contributed by atoms with Crippen LogP contribution >= 0.6 is 23.1 Å². The molecule has 1 atom stereocenters. The number of carbonyl (C=O) groups excluding carboxylic acids is 3. The smallest absolute Gasteiger partial charge is 0.348 e. The maximum absolute atomic E-state index is 12.7. The summed E-state index contributed by atoms with van der Waals surface area (Å²) in [6.07, 6.45) is -0.361. The van der Waals surface area contributed by atoms with Gasteiger partial charge in [0.15, 0.2) is 17.1 Å². The van der Waals surface area contributed by atoms with Gasteiger partial charge in [-0.25, -0.2) is 9.59 Å². The molecule has 3 aromatic rings. The second kappa shape index (κ2) is 11.6. The molecule has 10 nitrogen and oxygen atoms in total. The summed E-state index contributed by atoms with van der Waals surface area (Å²) in [7, 11) is 4.28. The standard InChI is InChI=1S/C24H28N4O6S2/c1-12-8-13(2)10-16(9-12)34-15(4)20-26-27-24(28(20)5)35-11-17(29)25-21-18(22(30)32-6)14(3)19(36-21)23(31)33-7/h8-10,15H,11H2,1-7H3,(H,25,29). The number of carbonyl (C=O) groups is 3. The van der Waals surface area contributed by atoms with Crippen LogP contribution in [0.15, 0.2) is 23.4 Å². The van der Waals surface area contributed by atoms with Crippen molar-refractivity contribution < 1.29 is 28.6 Å². The minimum Gasteiger partial charge on any atom is -0.483 e. The predicted octanol–water partition coefficient (Wildman–Crippen LogP) is 4.25. The minimum absolute atomic E-state index is 0.00338. The van der Waals surface area contributed by atoms with Crippen LogP contribution in [0.3, 0.4) is 0 Å². The normalized spacial score (nSPS) is 11.6. The molecule has 0 saturated carbocycles. The van der Waals surface area contributed by atoms with Gasteiger partial charge in [0.25, 0.3) is 0 Å². The highest BCUT2D eigenvalue weighted by Crippen LogP contribution is 2.34. The molecule has 0 radical (unpaired) electrons. The molecule has 0 aliphatic heterocycles. The molecule has 3 rings (SSSR count). The molecule has 1 N–H and O–H groups in total. The van der Waals surface area contributed by atoms with Gasteiger partial charge < -0.3 is 24.1 Å². The van der Waals surface area contributed by atoms with E-state index in [4.69, 9.17) is 14.2 Å². The molecule has 2 aromatic heterocycles. The number of esters is 2. The summed E-state index contributed by atoms with van der Waals surface area (Å²) in [6.45, 7) is 7.50. The van der Waals surface area contributed by atoms with Crippen LogP contribution in [0.5, 0.6) is 5.75 Å². The lowest BCUT2D eigenvalue weighted by Crippen LogP contribution is -2.16. The second-order valence-electron chi connectivity index (χ2n) is 8.06. The van der Waals surface area contributed by atoms with Gasteiger partial charge in [-0.1, -0.05) is 17.8 Å². The number of methoxy groups -OCH3 is 2. The first-order valence-corrected chi connectivity index (χ1v) is 12.7. The van der Waals surface area contributed by atoms with Gasteiger partial charge in [-0.05, 0) is 56.5 Å². The zero-order valence-corrected chi connectivity index (χ0v) is 22.8. The number of aromatic nitrogens is 3. The van der Waals surface area contributed by atoms with Gasteiger partial charge in [-0.15, -0.1) is 21.5 Å². The van der Waals surface area contributed by atoms with E-state index in [-0.39, 0.29) is 33.2 Å². The lowest BCUT2D eigenvalue weighted by Gasteiger charge is -2.15. The number of aryl methyl sites for hydroxylation is 2. The van der Waals surface area contributed by atoms with Crippen LogP contribution in [-0.2, 0) is 21.3 Å². The third kappa shape index (κ3) is 6.05. The molecular formula is C24H28N4O6S2. The van der Waals surface area contributed by atoms with E-state index in [0.717, 1.165) is 28.2 Å². The fourth-order valence-corrected chi connectivity index (χ4v) is 5.44. The van der Waals surface area contributed by atoms with Gasteiger partial charge in [0, 0.05) is 7.05 Å². The number of anilines is 1. The lowest BCUT2D eigenvalue weighted by molar-refractivity contribution is -0.113. The maximum atomic E-state index is 12.7. The Kier molecular flexibility index (Phi) is 8.75. The molecule has 1 amide bonds. The average Bonchev–Trinajstić information content (AvgIpc) is 3.35. The summed E-state index contributed by atoms with van der Waals surface area (Å²) in [4.78, 5) is 37.2. The zero-order valence-electron chi connectivity index (χ0n) is 21.1. The number of nitrogens with one attached hydrogen (secondary N) is 1. The quantitative estimate of drug-likeness (QED) is 0.318. The van der Waals surface area contributed by atoms with Crippen molar-refractivity contribution in [2.75, 3.05) is 25.3 Å². The fourth-order valence-electron chi connectivity index (χ4n) is 3.59. The third-order valence-corrected chi connectivity index (χ3v) is 7.44. The summed E-state index contributed by atoms with van der Waals surface area (Å²) < 4.78 is 17.4. The van der Waals surface area contributed by atoms with Crippen molar-refractivity contribution in [3.63, 3.8) is 0 Å².